The van der Waals surface area contributed by atoms with Crippen LogP contribution in [0.2, 0.25) is 18.6 Å². The normalized spacial score (nSPS) is 29.0. The lowest BCUT2D eigenvalue weighted by molar-refractivity contribution is 0.463. The van der Waals surface area contributed by atoms with Crippen molar-refractivity contribution in [2.45, 2.75) is 57.8 Å². The topological polar surface area (TPSA) is 12.0 Å². The van der Waals surface area contributed by atoms with E-state index < -0.39 is 8.24 Å². The summed E-state index contributed by atoms with van der Waals surface area (Å²) in [5.41, 5.74) is 2.11. The van der Waals surface area contributed by atoms with Crippen LogP contribution in [-0.4, -0.2) is 13.8 Å². The van der Waals surface area contributed by atoms with E-state index in [0.29, 0.717) is 23.3 Å². The fourth-order valence-electron chi connectivity index (χ4n) is 5.36. The Kier molecular flexibility index (Phi) is 5.09. The minimum Gasteiger partial charge on any atom is -0.332 e. The molecule has 1 N–H and O–H groups in total. The third-order valence-electron chi connectivity index (χ3n) is 5.74. The van der Waals surface area contributed by atoms with E-state index in [1.165, 1.54) is 12.0 Å². The maximum absolute atomic E-state index is 13.3. The molecule has 0 bridgehead atoms. The molecule has 4 atom stereocenters. The van der Waals surface area contributed by atoms with Gasteiger partial charge in [0.2, 0.25) is 0 Å². The van der Waals surface area contributed by atoms with Crippen LogP contribution in [0, 0.1) is 23.6 Å². The lowest BCUT2D eigenvalue weighted by atomic mass is 9.92. The van der Waals surface area contributed by atoms with Crippen LogP contribution in [-0.2, 0) is 6.42 Å². The van der Waals surface area contributed by atoms with E-state index in [4.69, 9.17) is 0 Å². The van der Waals surface area contributed by atoms with E-state index in [9.17, 15) is 4.39 Å². The Morgan fingerprint density at radius 1 is 1.08 bits per heavy atom. The van der Waals surface area contributed by atoms with Gasteiger partial charge in [0.15, 0.2) is 0 Å². The van der Waals surface area contributed by atoms with Crippen molar-refractivity contribution in [2.75, 3.05) is 0 Å². The Bertz CT molecular complexity index is 654. The minimum absolute atomic E-state index is 0.141. The Balaban J connectivity index is 1.87. The van der Waals surface area contributed by atoms with E-state index in [1.807, 2.05) is 12.1 Å². The third-order valence-corrected chi connectivity index (χ3v) is 9.65. The van der Waals surface area contributed by atoms with Gasteiger partial charge in [0, 0.05) is 5.54 Å². The number of fused-ring (bicyclic) bond motifs is 1. The second-order valence-electron chi connectivity index (χ2n) is 9.46. The smallest absolute Gasteiger partial charge is 0.123 e. The molecule has 0 aliphatic heterocycles. The molecule has 25 heavy (non-hydrogen) atoms. The van der Waals surface area contributed by atoms with Crippen molar-refractivity contribution in [3.8, 4) is 0 Å². The fourth-order valence-corrected chi connectivity index (χ4v) is 10.2. The summed E-state index contributed by atoms with van der Waals surface area (Å²) in [6.07, 6.45) is 11.6. The summed E-state index contributed by atoms with van der Waals surface area (Å²) < 4.78 is 13.3. The predicted molar refractivity (Wildman–Crippen MR) is 108 cm³/mol. The zero-order chi connectivity index (χ0) is 18.2. The van der Waals surface area contributed by atoms with Crippen molar-refractivity contribution < 1.29 is 4.39 Å². The van der Waals surface area contributed by atoms with Crippen LogP contribution in [0.3, 0.4) is 0 Å². The molecule has 3 heteroatoms. The van der Waals surface area contributed by atoms with E-state index in [-0.39, 0.29) is 11.4 Å². The molecule has 1 fully saturated rings. The molecule has 1 aromatic rings. The maximum Gasteiger partial charge on any atom is 0.123 e. The lowest BCUT2D eigenvalue weighted by Crippen LogP contribution is -2.59. The molecule has 0 amide bonds. The first-order chi connectivity index (χ1) is 11.7. The van der Waals surface area contributed by atoms with Crippen LogP contribution in [0.15, 0.2) is 48.6 Å². The predicted octanol–water partition coefficient (Wildman–Crippen LogP) is 5.71. The van der Waals surface area contributed by atoms with Crippen molar-refractivity contribution in [3.05, 3.63) is 60.0 Å². The molecule has 136 valence electrons. The monoisotopic (exact) mass is 357 g/mol. The number of halogens is 1. The van der Waals surface area contributed by atoms with E-state index in [2.05, 4.69) is 63.2 Å². The Morgan fingerprint density at radius 3 is 2.36 bits per heavy atom. The maximum atomic E-state index is 13.3. The second kappa shape index (κ2) is 6.84. The summed E-state index contributed by atoms with van der Waals surface area (Å²) in [6.45, 7) is 11.8. The first kappa shape index (κ1) is 18.6. The Morgan fingerprint density at radius 2 is 1.72 bits per heavy atom. The molecule has 1 saturated carbocycles. The van der Waals surface area contributed by atoms with Crippen molar-refractivity contribution >= 4 is 8.24 Å². The summed E-state index contributed by atoms with van der Waals surface area (Å²) in [4.78, 5) is 4.02. The molecule has 3 rings (SSSR count). The summed E-state index contributed by atoms with van der Waals surface area (Å²) in [7, 11) is -1.65. The molecule has 0 heterocycles. The molecular weight excluding hydrogens is 325 g/mol. The van der Waals surface area contributed by atoms with Crippen molar-refractivity contribution in [1.29, 1.82) is 0 Å². The molecule has 1 nitrogen and oxygen atoms in total. The number of nitrogens with one attached hydrogen (secondary N) is 1. The highest BCUT2D eigenvalue weighted by atomic mass is 28.3. The highest BCUT2D eigenvalue weighted by Gasteiger charge is 2.50. The van der Waals surface area contributed by atoms with Crippen LogP contribution >= 0.6 is 0 Å². The van der Waals surface area contributed by atoms with Crippen LogP contribution in [0.1, 0.15) is 32.8 Å². The van der Waals surface area contributed by atoms with Gasteiger partial charge in [-0.25, -0.2) is 4.39 Å². The highest BCUT2D eigenvalue weighted by Crippen LogP contribution is 2.53. The molecule has 2 aliphatic rings. The Hall–Kier alpha value is -1.19. The van der Waals surface area contributed by atoms with Crippen LogP contribution in [0.25, 0.3) is 0 Å². The first-order valence-electron chi connectivity index (χ1n) is 9.54. The zero-order valence-corrected chi connectivity index (χ0v) is 17.2. The third kappa shape index (κ3) is 4.32. The van der Waals surface area contributed by atoms with Crippen LogP contribution in [0.5, 0.6) is 0 Å². The van der Waals surface area contributed by atoms with Gasteiger partial charge in [-0.15, -0.1) is 0 Å². The fraction of sp³-hybridized carbons (Fsp3) is 0.545. The average molecular weight is 358 g/mol. The summed E-state index contributed by atoms with van der Waals surface area (Å²) in [5.74, 6) is 1.82. The molecule has 0 saturated heterocycles. The number of hydrogen-bond acceptors (Lipinski definition) is 1. The van der Waals surface area contributed by atoms with Gasteiger partial charge >= 0.3 is 0 Å². The van der Waals surface area contributed by atoms with E-state index >= 15 is 0 Å². The molecule has 0 spiro atoms. The van der Waals surface area contributed by atoms with Crippen LogP contribution in [0.4, 0.5) is 4.39 Å². The van der Waals surface area contributed by atoms with Gasteiger partial charge in [-0.05, 0) is 74.6 Å². The average Bonchev–Trinajstić information content (AvgIpc) is 2.86. The number of benzene rings is 1. The van der Waals surface area contributed by atoms with Gasteiger partial charge in [0.25, 0.3) is 0 Å². The number of allylic oxidation sites excluding steroid dienone is 4. The largest absolute Gasteiger partial charge is 0.332 e. The molecule has 1 aromatic carbocycles. The first-order valence-corrected chi connectivity index (χ1v) is 12.6. The minimum atomic E-state index is -1.65. The molecule has 4 unspecified atom stereocenters. The van der Waals surface area contributed by atoms with Crippen molar-refractivity contribution in [1.82, 2.24) is 4.98 Å². The zero-order valence-electron chi connectivity index (χ0n) is 16.2. The quantitative estimate of drug-likeness (QED) is 0.681. The van der Waals surface area contributed by atoms with Gasteiger partial charge < -0.3 is 4.98 Å². The van der Waals surface area contributed by atoms with E-state index in [0.717, 1.165) is 6.42 Å². The molecule has 0 aromatic heterocycles. The van der Waals surface area contributed by atoms with Crippen molar-refractivity contribution in [3.63, 3.8) is 0 Å². The van der Waals surface area contributed by atoms with Gasteiger partial charge in [-0.3, -0.25) is 0 Å². The summed E-state index contributed by atoms with van der Waals surface area (Å²) in [5, 5.41) is 0. The Labute approximate surface area is 153 Å². The molecule has 0 radical (unpaired) electrons. The highest BCUT2D eigenvalue weighted by molar-refractivity contribution is 6.76. The second-order valence-corrected chi connectivity index (χ2v) is 13.8. The molecular formula is C22H32FNSi. The number of hydrogen-bond donors (Lipinski definition) is 1. The summed E-state index contributed by atoms with van der Waals surface area (Å²) >= 11 is 0. The van der Waals surface area contributed by atoms with E-state index in [1.54, 1.807) is 12.1 Å². The van der Waals surface area contributed by atoms with Gasteiger partial charge in [-0.1, -0.05) is 49.5 Å². The SMILES string of the molecule is CC(C)(C)N[Si](C)(C)C1C(Cc2ccc(F)cc2)CC2C=CC=CC21. The molecule has 2 aliphatic carbocycles. The number of rotatable bonds is 4. The van der Waals surface area contributed by atoms with Gasteiger partial charge in [0.05, 0.1) is 0 Å². The standard InChI is InChI=1S/C22H32FNSi/c1-22(2,3)24-25(4,5)21-18(14-16-10-12-19(23)13-11-16)15-17-8-6-7-9-20(17)21/h6-13,17-18,20-21,24H,14-15H2,1-5H3. The van der Waals surface area contributed by atoms with Crippen molar-refractivity contribution in [2.24, 2.45) is 17.8 Å². The van der Waals surface area contributed by atoms with Gasteiger partial charge in [-0.2, -0.15) is 0 Å². The van der Waals surface area contributed by atoms with Gasteiger partial charge in [0.1, 0.15) is 14.1 Å². The lowest BCUT2D eigenvalue weighted by Gasteiger charge is -2.42. The van der Waals surface area contributed by atoms with Crippen LogP contribution < -0.4 is 4.98 Å². The summed E-state index contributed by atoms with van der Waals surface area (Å²) in [6, 6.07) is 7.13.